The van der Waals surface area contributed by atoms with Crippen molar-refractivity contribution in [2.45, 2.75) is 26.7 Å². The fourth-order valence-electron chi connectivity index (χ4n) is 1.50. The molecule has 1 aromatic carbocycles. The van der Waals surface area contributed by atoms with E-state index in [-0.39, 0.29) is 5.78 Å². The van der Waals surface area contributed by atoms with Crippen molar-refractivity contribution in [3.63, 3.8) is 0 Å². The predicted octanol–water partition coefficient (Wildman–Crippen LogP) is 3.45. The Hall–Kier alpha value is -1.37. The molecule has 78 valence electrons. The highest BCUT2D eigenvalue weighted by atomic mass is 16.1. The van der Waals surface area contributed by atoms with Gasteiger partial charge in [-0.15, -0.1) is 0 Å². The minimum Gasteiger partial charge on any atom is -0.289 e. The van der Waals surface area contributed by atoms with Gasteiger partial charge in [0.05, 0.1) is 0 Å². The van der Waals surface area contributed by atoms with E-state index in [2.05, 4.69) is 6.92 Å². The molecule has 1 nitrogen and oxygen atoms in total. The first-order valence-electron chi connectivity index (χ1n) is 5.46. The first-order chi connectivity index (χ1) is 7.16. The van der Waals surface area contributed by atoms with Gasteiger partial charge in [0.1, 0.15) is 0 Å². The van der Waals surface area contributed by atoms with E-state index in [1.165, 1.54) is 24.0 Å². The molecule has 1 fully saturated rings. The molecule has 0 aliphatic heterocycles. The molecule has 1 aliphatic carbocycles. The molecule has 1 heteroatoms. The maximum atomic E-state index is 11.8. The van der Waals surface area contributed by atoms with Gasteiger partial charge in [-0.25, -0.2) is 0 Å². The molecule has 0 radical (unpaired) electrons. The highest BCUT2D eigenvalue weighted by Crippen LogP contribution is 2.30. The molecule has 0 bridgehead atoms. The van der Waals surface area contributed by atoms with Crippen molar-refractivity contribution >= 4 is 5.78 Å². The number of allylic oxidation sites excluding steroid dienone is 2. The van der Waals surface area contributed by atoms with Crippen LogP contribution >= 0.6 is 0 Å². The fourth-order valence-corrected chi connectivity index (χ4v) is 1.50. The molecule has 0 aromatic heterocycles. The molecule has 0 unspecified atom stereocenters. The normalized spacial score (nSPS) is 15.9. The van der Waals surface area contributed by atoms with Gasteiger partial charge in [0.15, 0.2) is 5.78 Å². The Kier molecular flexibility index (Phi) is 2.72. The van der Waals surface area contributed by atoms with Gasteiger partial charge in [-0.2, -0.15) is 0 Å². The predicted molar refractivity (Wildman–Crippen MR) is 62.1 cm³/mol. The topological polar surface area (TPSA) is 17.1 Å². The van der Waals surface area contributed by atoms with Crippen LogP contribution in [0.3, 0.4) is 0 Å². The lowest BCUT2D eigenvalue weighted by Gasteiger charge is -2.01. The van der Waals surface area contributed by atoms with E-state index in [1.807, 2.05) is 31.2 Å². The number of benzene rings is 1. The van der Waals surface area contributed by atoms with Crippen molar-refractivity contribution in [2.24, 2.45) is 5.92 Å². The van der Waals surface area contributed by atoms with E-state index in [1.54, 1.807) is 6.08 Å². The van der Waals surface area contributed by atoms with Crippen molar-refractivity contribution < 1.29 is 4.79 Å². The summed E-state index contributed by atoms with van der Waals surface area (Å²) in [5, 5.41) is 0. The van der Waals surface area contributed by atoms with E-state index >= 15 is 0 Å². The Morgan fingerprint density at radius 2 is 2.00 bits per heavy atom. The SMILES string of the molecule is Cc1ccc(C(=O)/C=C/C2CC2)cc1C. The number of aryl methyl sites for hydroxylation is 2. The zero-order valence-electron chi connectivity index (χ0n) is 9.29. The quantitative estimate of drug-likeness (QED) is 0.539. The summed E-state index contributed by atoms with van der Waals surface area (Å²) < 4.78 is 0. The van der Waals surface area contributed by atoms with Crippen molar-refractivity contribution in [1.82, 2.24) is 0 Å². The number of carbonyl (C=O) groups is 1. The maximum Gasteiger partial charge on any atom is 0.185 e. The van der Waals surface area contributed by atoms with Crippen molar-refractivity contribution in [1.29, 1.82) is 0 Å². The number of rotatable bonds is 3. The number of hydrogen-bond acceptors (Lipinski definition) is 1. The average molecular weight is 200 g/mol. The maximum absolute atomic E-state index is 11.8. The first kappa shape index (κ1) is 10.2. The Labute approximate surface area is 90.8 Å². The zero-order valence-corrected chi connectivity index (χ0v) is 9.29. The largest absolute Gasteiger partial charge is 0.289 e. The highest BCUT2D eigenvalue weighted by Gasteiger charge is 2.17. The van der Waals surface area contributed by atoms with Gasteiger partial charge in [-0.1, -0.05) is 18.2 Å². The third kappa shape index (κ3) is 2.56. The van der Waals surface area contributed by atoms with Crippen LogP contribution in [0.5, 0.6) is 0 Å². The molecule has 15 heavy (non-hydrogen) atoms. The summed E-state index contributed by atoms with van der Waals surface area (Å²) in [7, 11) is 0. The van der Waals surface area contributed by atoms with Gasteiger partial charge >= 0.3 is 0 Å². The van der Waals surface area contributed by atoms with E-state index < -0.39 is 0 Å². The van der Waals surface area contributed by atoms with Crippen LogP contribution in [0, 0.1) is 19.8 Å². The number of ketones is 1. The van der Waals surface area contributed by atoms with Gasteiger partial charge in [0.25, 0.3) is 0 Å². The first-order valence-corrected chi connectivity index (χ1v) is 5.46. The Morgan fingerprint density at radius 3 is 2.60 bits per heavy atom. The second-order valence-corrected chi connectivity index (χ2v) is 4.36. The van der Waals surface area contributed by atoms with Crippen LogP contribution < -0.4 is 0 Å². The van der Waals surface area contributed by atoms with E-state index in [0.717, 1.165) is 5.56 Å². The fraction of sp³-hybridized carbons (Fsp3) is 0.357. The average Bonchev–Trinajstić information content (AvgIpc) is 3.02. The highest BCUT2D eigenvalue weighted by molar-refractivity contribution is 6.04. The van der Waals surface area contributed by atoms with Crippen molar-refractivity contribution in [3.05, 3.63) is 47.0 Å². The second kappa shape index (κ2) is 4.01. The third-order valence-corrected chi connectivity index (χ3v) is 2.93. The summed E-state index contributed by atoms with van der Waals surface area (Å²) in [5.74, 6) is 0.797. The van der Waals surface area contributed by atoms with Crippen LogP contribution in [-0.4, -0.2) is 5.78 Å². The van der Waals surface area contributed by atoms with Crippen LogP contribution in [0.15, 0.2) is 30.4 Å². The van der Waals surface area contributed by atoms with Gasteiger partial charge in [0.2, 0.25) is 0 Å². The van der Waals surface area contributed by atoms with Crippen molar-refractivity contribution in [2.75, 3.05) is 0 Å². The Bertz CT molecular complexity index is 411. The van der Waals surface area contributed by atoms with Gasteiger partial charge in [0, 0.05) is 5.56 Å². The standard InChI is InChI=1S/C14H16O/c1-10-3-7-13(9-11(10)2)14(15)8-6-12-4-5-12/h3,6-9,12H,4-5H2,1-2H3/b8-6+. The van der Waals surface area contributed by atoms with Crippen LogP contribution in [0.2, 0.25) is 0 Å². The molecule has 2 rings (SSSR count). The zero-order chi connectivity index (χ0) is 10.8. The Balaban J connectivity index is 2.13. The summed E-state index contributed by atoms with van der Waals surface area (Å²) in [6, 6.07) is 5.88. The minimum absolute atomic E-state index is 0.130. The third-order valence-electron chi connectivity index (χ3n) is 2.93. The molecule has 1 aromatic rings. The van der Waals surface area contributed by atoms with Crippen LogP contribution in [0.25, 0.3) is 0 Å². The summed E-state index contributed by atoms with van der Waals surface area (Å²) in [5.41, 5.74) is 3.22. The Morgan fingerprint density at radius 1 is 1.27 bits per heavy atom. The van der Waals surface area contributed by atoms with Gasteiger partial charge < -0.3 is 0 Å². The summed E-state index contributed by atoms with van der Waals surface area (Å²) >= 11 is 0. The molecule has 1 saturated carbocycles. The molecule has 0 spiro atoms. The van der Waals surface area contributed by atoms with Crippen LogP contribution in [0.4, 0.5) is 0 Å². The lowest BCUT2D eigenvalue weighted by molar-refractivity contribution is 0.104. The number of carbonyl (C=O) groups excluding carboxylic acids is 1. The lowest BCUT2D eigenvalue weighted by Crippen LogP contribution is -1.95. The molecule has 0 saturated heterocycles. The van der Waals surface area contributed by atoms with Gasteiger partial charge in [-0.05, 0) is 55.9 Å². The van der Waals surface area contributed by atoms with E-state index in [4.69, 9.17) is 0 Å². The summed E-state index contributed by atoms with van der Waals surface area (Å²) in [4.78, 5) is 11.8. The lowest BCUT2D eigenvalue weighted by atomic mass is 10.0. The minimum atomic E-state index is 0.130. The molecule has 0 atom stereocenters. The molecule has 0 N–H and O–H groups in total. The second-order valence-electron chi connectivity index (χ2n) is 4.36. The van der Waals surface area contributed by atoms with Gasteiger partial charge in [-0.3, -0.25) is 4.79 Å². The van der Waals surface area contributed by atoms with Crippen LogP contribution in [0.1, 0.15) is 34.3 Å². The van der Waals surface area contributed by atoms with Crippen LogP contribution in [-0.2, 0) is 0 Å². The molecule has 0 heterocycles. The summed E-state index contributed by atoms with van der Waals surface area (Å²) in [6.45, 7) is 4.10. The van der Waals surface area contributed by atoms with E-state index in [0.29, 0.717) is 5.92 Å². The van der Waals surface area contributed by atoms with Crippen molar-refractivity contribution in [3.8, 4) is 0 Å². The summed E-state index contributed by atoms with van der Waals surface area (Å²) in [6.07, 6.45) is 6.26. The molecule has 0 amide bonds. The van der Waals surface area contributed by atoms with E-state index in [9.17, 15) is 4.79 Å². The number of hydrogen-bond donors (Lipinski definition) is 0. The molecular weight excluding hydrogens is 184 g/mol. The molecule has 1 aliphatic rings. The smallest absolute Gasteiger partial charge is 0.185 e. The molecular formula is C14H16O. The monoisotopic (exact) mass is 200 g/mol.